The van der Waals surface area contributed by atoms with Gasteiger partial charge in [0.15, 0.2) is 5.78 Å². The lowest BCUT2D eigenvalue weighted by Gasteiger charge is -2.05. The van der Waals surface area contributed by atoms with Gasteiger partial charge in [0.25, 0.3) is 0 Å². The summed E-state index contributed by atoms with van der Waals surface area (Å²) in [6.07, 6.45) is 0.185. The van der Waals surface area contributed by atoms with Crippen LogP contribution < -0.4 is 0 Å². The summed E-state index contributed by atoms with van der Waals surface area (Å²) in [7, 11) is 0. The Hall–Kier alpha value is -1.51. The van der Waals surface area contributed by atoms with Gasteiger partial charge in [-0.05, 0) is 35.9 Å². The van der Waals surface area contributed by atoms with Crippen LogP contribution in [0, 0.1) is 0 Å². The Morgan fingerprint density at radius 2 is 1.72 bits per heavy atom. The number of hydrogen-bond acceptors (Lipinski definition) is 2. The molecule has 0 heterocycles. The number of carbonyl (C=O) groups is 1. The van der Waals surface area contributed by atoms with Crippen molar-refractivity contribution in [3.8, 4) is 5.75 Å². The average molecular weight is 281 g/mol. The molecule has 0 unspecified atom stereocenters. The number of aromatic hydroxyl groups is 1. The summed E-state index contributed by atoms with van der Waals surface area (Å²) in [6.45, 7) is 0. The topological polar surface area (TPSA) is 37.3 Å². The molecular weight excluding hydrogens is 271 g/mol. The van der Waals surface area contributed by atoms with E-state index in [4.69, 9.17) is 28.3 Å². The predicted molar refractivity (Wildman–Crippen MR) is 72.6 cm³/mol. The minimum Gasteiger partial charge on any atom is -0.508 e. The standard InChI is InChI=1S/C14H10Cl2O2/c15-12-3-1-2-10(14(12)16)8-13(18)9-4-6-11(17)7-5-9/h1-7,17H,8H2. The van der Waals surface area contributed by atoms with Gasteiger partial charge >= 0.3 is 0 Å². The van der Waals surface area contributed by atoms with Crippen LogP contribution in [-0.4, -0.2) is 10.9 Å². The van der Waals surface area contributed by atoms with E-state index < -0.39 is 0 Å². The number of hydrogen-bond donors (Lipinski definition) is 1. The highest BCUT2D eigenvalue weighted by Gasteiger charge is 2.11. The normalized spacial score (nSPS) is 10.3. The number of phenolic OH excluding ortho intramolecular Hbond substituents is 1. The summed E-state index contributed by atoms with van der Waals surface area (Å²) in [5.74, 6) is 0.0616. The van der Waals surface area contributed by atoms with Gasteiger partial charge in [0, 0.05) is 12.0 Å². The van der Waals surface area contributed by atoms with Crippen molar-refractivity contribution in [3.63, 3.8) is 0 Å². The number of benzene rings is 2. The first-order valence-electron chi connectivity index (χ1n) is 5.33. The van der Waals surface area contributed by atoms with Gasteiger partial charge in [-0.25, -0.2) is 0 Å². The van der Waals surface area contributed by atoms with Crippen molar-refractivity contribution in [1.29, 1.82) is 0 Å². The average Bonchev–Trinajstić information content (AvgIpc) is 2.36. The number of halogens is 2. The first-order chi connectivity index (χ1) is 8.58. The van der Waals surface area contributed by atoms with Gasteiger partial charge < -0.3 is 5.11 Å². The van der Waals surface area contributed by atoms with Crippen LogP contribution in [0.3, 0.4) is 0 Å². The first-order valence-corrected chi connectivity index (χ1v) is 6.08. The van der Waals surface area contributed by atoms with Crippen LogP contribution >= 0.6 is 23.2 Å². The van der Waals surface area contributed by atoms with Crippen LogP contribution in [0.15, 0.2) is 42.5 Å². The Bertz CT molecular complexity index is 577. The van der Waals surface area contributed by atoms with Crippen molar-refractivity contribution in [2.75, 3.05) is 0 Å². The zero-order valence-electron chi connectivity index (χ0n) is 9.36. The Morgan fingerprint density at radius 1 is 1.06 bits per heavy atom. The molecule has 2 aromatic carbocycles. The molecule has 0 aliphatic carbocycles. The highest BCUT2D eigenvalue weighted by Crippen LogP contribution is 2.26. The van der Waals surface area contributed by atoms with Crippen molar-refractivity contribution in [2.45, 2.75) is 6.42 Å². The van der Waals surface area contributed by atoms with Crippen molar-refractivity contribution in [2.24, 2.45) is 0 Å². The largest absolute Gasteiger partial charge is 0.508 e. The molecule has 0 radical (unpaired) electrons. The molecule has 0 saturated heterocycles. The van der Waals surface area contributed by atoms with Crippen LogP contribution in [0.2, 0.25) is 10.0 Å². The van der Waals surface area contributed by atoms with E-state index in [1.54, 1.807) is 30.3 Å². The highest BCUT2D eigenvalue weighted by atomic mass is 35.5. The molecule has 0 aromatic heterocycles. The molecule has 0 bridgehead atoms. The molecule has 4 heteroatoms. The molecule has 18 heavy (non-hydrogen) atoms. The molecule has 0 aliphatic heterocycles. The van der Waals surface area contributed by atoms with E-state index in [0.29, 0.717) is 21.2 Å². The molecule has 0 spiro atoms. The van der Waals surface area contributed by atoms with Gasteiger partial charge in [0.05, 0.1) is 10.0 Å². The van der Waals surface area contributed by atoms with E-state index in [2.05, 4.69) is 0 Å². The number of phenols is 1. The van der Waals surface area contributed by atoms with E-state index >= 15 is 0 Å². The lowest BCUT2D eigenvalue weighted by Crippen LogP contribution is -2.03. The van der Waals surface area contributed by atoms with E-state index in [1.807, 2.05) is 0 Å². The third-order valence-corrected chi connectivity index (χ3v) is 3.43. The van der Waals surface area contributed by atoms with Gasteiger partial charge in [0.1, 0.15) is 5.75 Å². The number of carbonyl (C=O) groups excluding carboxylic acids is 1. The van der Waals surface area contributed by atoms with Crippen molar-refractivity contribution in [3.05, 3.63) is 63.6 Å². The molecule has 0 saturated carbocycles. The summed E-state index contributed by atoms with van der Waals surface area (Å²) in [5, 5.41) is 10.0. The molecule has 92 valence electrons. The van der Waals surface area contributed by atoms with Crippen molar-refractivity contribution >= 4 is 29.0 Å². The summed E-state index contributed by atoms with van der Waals surface area (Å²) in [4.78, 5) is 12.0. The second-order valence-electron chi connectivity index (χ2n) is 3.86. The Labute approximate surface area is 115 Å². The van der Waals surface area contributed by atoms with Crippen LogP contribution in [0.1, 0.15) is 15.9 Å². The molecule has 1 N–H and O–H groups in total. The molecule has 0 aliphatic rings. The van der Waals surface area contributed by atoms with Crippen LogP contribution in [0.25, 0.3) is 0 Å². The molecule has 0 amide bonds. The van der Waals surface area contributed by atoms with Crippen LogP contribution in [-0.2, 0) is 6.42 Å². The third kappa shape index (κ3) is 2.84. The maximum absolute atomic E-state index is 12.0. The highest BCUT2D eigenvalue weighted by molar-refractivity contribution is 6.42. The van der Waals surface area contributed by atoms with Crippen molar-refractivity contribution in [1.82, 2.24) is 0 Å². The number of Topliss-reactive ketones (excluding diaryl/α,β-unsaturated/α-hetero) is 1. The quantitative estimate of drug-likeness (QED) is 0.859. The second kappa shape index (κ2) is 5.42. The minimum atomic E-state index is -0.0702. The Balaban J connectivity index is 2.21. The first kappa shape index (κ1) is 12.9. The Morgan fingerprint density at radius 3 is 2.39 bits per heavy atom. The van der Waals surface area contributed by atoms with Gasteiger partial charge in [-0.15, -0.1) is 0 Å². The van der Waals surface area contributed by atoms with Gasteiger partial charge in [-0.1, -0.05) is 35.3 Å². The fraction of sp³-hybridized carbons (Fsp3) is 0.0714. The van der Waals surface area contributed by atoms with E-state index in [9.17, 15) is 4.79 Å². The molecule has 2 aromatic rings. The number of rotatable bonds is 3. The summed E-state index contributed by atoms with van der Waals surface area (Å²) < 4.78 is 0. The lowest BCUT2D eigenvalue weighted by atomic mass is 10.0. The van der Waals surface area contributed by atoms with Gasteiger partial charge in [-0.2, -0.15) is 0 Å². The summed E-state index contributed by atoms with van der Waals surface area (Å²) in [6, 6.07) is 11.3. The van der Waals surface area contributed by atoms with E-state index in [-0.39, 0.29) is 18.0 Å². The monoisotopic (exact) mass is 280 g/mol. The maximum Gasteiger partial charge on any atom is 0.167 e. The van der Waals surface area contributed by atoms with Crippen LogP contribution in [0.4, 0.5) is 0 Å². The fourth-order valence-corrected chi connectivity index (χ4v) is 1.99. The van der Waals surface area contributed by atoms with Crippen molar-refractivity contribution < 1.29 is 9.90 Å². The maximum atomic E-state index is 12.0. The van der Waals surface area contributed by atoms with Crippen LogP contribution in [0.5, 0.6) is 5.75 Å². The molecule has 0 fully saturated rings. The SMILES string of the molecule is O=C(Cc1cccc(Cl)c1Cl)c1ccc(O)cc1. The molecule has 0 atom stereocenters. The second-order valence-corrected chi connectivity index (χ2v) is 4.64. The fourth-order valence-electron chi connectivity index (χ4n) is 1.61. The third-order valence-electron chi connectivity index (χ3n) is 2.57. The zero-order valence-corrected chi connectivity index (χ0v) is 10.9. The van der Waals surface area contributed by atoms with E-state index in [1.165, 1.54) is 12.1 Å². The van der Waals surface area contributed by atoms with E-state index in [0.717, 1.165) is 0 Å². The number of ketones is 1. The summed E-state index contributed by atoms with van der Waals surface area (Å²) in [5.41, 5.74) is 1.23. The van der Waals surface area contributed by atoms with Gasteiger partial charge in [-0.3, -0.25) is 4.79 Å². The lowest BCUT2D eigenvalue weighted by molar-refractivity contribution is 0.0993. The predicted octanol–water partition coefficient (Wildman–Crippen LogP) is 4.12. The molecule has 2 nitrogen and oxygen atoms in total. The zero-order chi connectivity index (χ0) is 13.1. The minimum absolute atomic E-state index is 0.0702. The Kier molecular flexibility index (Phi) is 3.90. The molecular formula is C14H10Cl2O2. The summed E-state index contributed by atoms with van der Waals surface area (Å²) >= 11 is 11.9. The molecule has 2 rings (SSSR count). The van der Waals surface area contributed by atoms with Gasteiger partial charge in [0.2, 0.25) is 0 Å². The smallest absolute Gasteiger partial charge is 0.167 e.